The Hall–Kier alpha value is -0.900. The molecule has 0 amide bonds. The summed E-state index contributed by atoms with van der Waals surface area (Å²) in [5, 5.41) is 3.38. The summed E-state index contributed by atoms with van der Waals surface area (Å²) < 4.78 is 6.01. The number of ether oxygens (including phenoxy) is 1. The van der Waals surface area contributed by atoms with Gasteiger partial charge in [0.05, 0.1) is 12.7 Å². The van der Waals surface area contributed by atoms with E-state index in [0.717, 1.165) is 19.7 Å². The molecule has 3 nitrogen and oxygen atoms in total. The van der Waals surface area contributed by atoms with Crippen molar-refractivity contribution in [1.29, 1.82) is 0 Å². The van der Waals surface area contributed by atoms with E-state index < -0.39 is 0 Å². The van der Waals surface area contributed by atoms with Crippen LogP contribution in [0.15, 0.2) is 30.3 Å². The summed E-state index contributed by atoms with van der Waals surface area (Å²) in [4.78, 5) is 2.69. The van der Waals surface area contributed by atoms with Crippen molar-refractivity contribution in [1.82, 2.24) is 10.2 Å². The first-order chi connectivity index (χ1) is 9.90. The Morgan fingerprint density at radius 1 is 1.25 bits per heavy atom. The molecule has 1 aliphatic carbocycles. The van der Waals surface area contributed by atoms with E-state index in [1.54, 1.807) is 0 Å². The zero-order valence-electron chi connectivity index (χ0n) is 12.4. The van der Waals surface area contributed by atoms with Gasteiger partial charge in [0.1, 0.15) is 0 Å². The van der Waals surface area contributed by atoms with E-state index in [4.69, 9.17) is 4.74 Å². The van der Waals surface area contributed by atoms with Crippen LogP contribution in [0.3, 0.4) is 0 Å². The summed E-state index contributed by atoms with van der Waals surface area (Å²) in [7, 11) is 2.05. The molecule has 1 N–H and O–H groups in total. The Bertz CT molecular complexity index is 407. The van der Waals surface area contributed by atoms with Crippen molar-refractivity contribution < 1.29 is 4.74 Å². The smallest absolute Gasteiger partial charge is 0.0731 e. The normalized spacial score (nSPS) is 28.9. The maximum atomic E-state index is 6.01. The molecule has 1 aromatic rings. The molecule has 0 spiro atoms. The van der Waals surface area contributed by atoms with Gasteiger partial charge in [-0.3, -0.25) is 4.90 Å². The molecule has 110 valence electrons. The minimum absolute atomic E-state index is 0.459. The van der Waals surface area contributed by atoms with Crippen LogP contribution >= 0.6 is 0 Å². The van der Waals surface area contributed by atoms with E-state index in [-0.39, 0.29) is 0 Å². The number of morpholine rings is 1. The van der Waals surface area contributed by atoms with Gasteiger partial charge >= 0.3 is 0 Å². The van der Waals surface area contributed by atoms with E-state index in [2.05, 4.69) is 47.6 Å². The Kier molecular flexibility index (Phi) is 4.71. The number of nitrogens with zero attached hydrogens (tertiary/aromatic N) is 1. The van der Waals surface area contributed by atoms with E-state index >= 15 is 0 Å². The van der Waals surface area contributed by atoms with Crippen molar-refractivity contribution >= 4 is 0 Å². The number of rotatable bonds is 4. The summed E-state index contributed by atoms with van der Waals surface area (Å²) in [6, 6.07) is 12.0. The number of hydrogen-bond donors (Lipinski definition) is 1. The van der Waals surface area contributed by atoms with Crippen LogP contribution in [0.1, 0.15) is 37.3 Å². The number of nitrogens with one attached hydrogen (secondary N) is 1. The molecule has 0 bridgehead atoms. The topological polar surface area (TPSA) is 24.5 Å². The van der Waals surface area contributed by atoms with Gasteiger partial charge in [0.15, 0.2) is 0 Å². The number of likely N-dealkylation sites (N-methyl/N-ethyl adjacent to an activating group) is 1. The lowest BCUT2D eigenvalue weighted by Gasteiger charge is -2.47. The maximum Gasteiger partial charge on any atom is 0.0731 e. The minimum Gasteiger partial charge on any atom is -0.375 e. The molecule has 3 atom stereocenters. The van der Waals surface area contributed by atoms with Gasteiger partial charge in [0, 0.05) is 25.2 Å². The van der Waals surface area contributed by atoms with Crippen molar-refractivity contribution in [2.24, 2.45) is 0 Å². The monoisotopic (exact) mass is 274 g/mol. The van der Waals surface area contributed by atoms with Gasteiger partial charge in [-0.25, -0.2) is 0 Å². The molecule has 2 fully saturated rings. The Balaban J connectivity index is 1.82. The minimum atomic E-state index is 0.459. The maximum absolute atomic E-state index is 6.01. The third kappa shape index (κ3) is 2.90. The van der Waals surface area contributed by atoms with Gasteiger partial charge < -0.3 is 10.1 Å². The predicted molar refractivity (Wildman–Crippen MR) is 81.8 cm³/mol. The lowest BCUT2D eigenvalue weighted by Crippen LogP contribution is -2.55. The number of benzene rings is 1. The van der Waals surface area contributed by atoms with Crippen molar-refractivity contribution in [2.75, 3.05) is 26.7 Å². The lowest BCUT2D eigenvalue weighted by molar-refractivity contribution is -0.103. The predicted octanol–water partition coefficient (Wildman–Crippen LogP) is 2.59. The second-order valence-electron chi connectivity index (χ2n) is 5.98. The Morgan fingerprint density at radius 2 is 2.05 bits per heavy atom. The van der Waals surface area contributed by atoms with Crippen molar-refractivity contribution in [3.05, 3.63) is 35.9 Å². The van der Waals surface area contributed by atoms with Crippen LogP contribution in [0.4, 0.5) is 0 Å². The quantitative estimate of drug-likeness (QED) is 0.913. The second-order valence-corrected chi connectivity index (χ2v) is 5.98. The molecule has 0 aromatic heterocycles. The summed E-state index contributed by atoms with van der Waals surface area (Å²) in [6.07, 6.45) is 5.67. The first-order valence-corrected chi connectivity index (χ1v) is 7.97. The molecule has 1 saturated heterocycles. The zero-order chi connectivity index (χ0) is 13.8. The zero-order valence-corrected chi connectivity index (χ0v) is 12.4. The number of hydrogen-bond acceptors (Lipinski definition) is 3. The Morgan fingerprint density at radius 3 is 2.85 bits per heavy atom. The molecular formula is C17H26N2O. The molecule has 3 rings (SSSR count). The van der Waals surface area contributed by atoms with E-state index in [1.165, 1.54) is 31.2 Å². The molecule has 3 heteroatoms. The summed E-state index contributed by atoms with van der Waals surface area (Å²) >= 11 is 0. The highest BCUT2D eigenvalue weighted by Gasteiger charge is 2.37. The highest BCUT2D eigenvalue weighted by molar-refractivity contribution is 5.20. The fourth-order valence-electron chi connectivity index (χ4n) is 3.81. The van der Waals surface area contributed by atoms with Crippen LogP contribution in [-0.4, -0.2) is 43.8 Å². The molecular weight excluding hydrogens is 248 g/mol. The third-order valence-corrected chi connectivity index (χ3v) is 4.76. The average molecular weight is 274 g/mol. The van der Waals surface area contributed by atoms with E-state index in [0.29, 0.717) is 18.2 Å². The standard InChI is InChI=1S/C17H26N2O/c1-18-13-16(14-7-3-2-4-8-14)19-11-12-20-17-10-6-5-9-15(17)19/h2-4,7-8,15-18H,5-6,9-13H2,1H3. The fourth-order valence-corrected chi connectivity index (χ4v) is 3.81. The first kappa shape index (κ1) is 14.1. The SMILES string of the molecule is CNCC(c1ccccc1)N1CCOC2CCCCC21. The summed E-state index contributed by atoms with van der Waals surface area (Å²) in [5.74, 6) is 0. The molecule has 0 radical (unpaired) electrons. The largest absolute Gasteiger partial charge is 0.375 e. The van der Waals surface area contributed by atoms with Gasteiger partial charge in [-0.15, -0.1) is 0 Å². The van der Waals surface area contributed by atoms with Crippen LogP contribution in [0.25, 0.3) is 0 Å². The van der Waals surface area contributed by atoms with Gasteiger partial charge in [-0.1, -0.05) is 43.2 Å². The first-order valence-electron chi connectivity index (χ1n) is 7.97. The molecule has 1 heterocycles. The van der Waals surface area contributed by atoms with E-state index in [9.17, 15) is 0 Å². The van der Waals surface area contributed by atoms with Crippen molar-refractivity contribution in [3.8, 4) is 0 Å². The van der Waals surface area contributed by atoms with Gasteiger partial charge in [-0.05, 0) is 25.5 Å². The average Bonchev–Trinajstić information content (AvgIpc) is 2.53. The van der Waals surface area contributed by atoms with Crippen LogP contribution in [0, 0.1) is 0 Å². The van der Waals surface area contributed by atoms with Crippen LogP contribution in [0.5, 0.6) is 0 Å². The molecule has 20 heavy (non-hydrogen) atoms. The van der Waals surface area contributed by atoms with Gasteiger partial charge in [0.2, 0.25) is 0 Å². The molecule has 2 aliphatic rings. The van der Waals surface area contributed by atoms with Crippen LogP contribution < -0.4 is 5.32 Å². The lowest BCUT2D eigenvalue weighted by atomic mass is 9.88. The van der Waals surface area contributed by atoms with Gasteiger partial charge in [-0.2, -0.15) is 0 Å². The van der Waals surface area contributed by atoms with Crippen molar-refractivity contribution in [3.63, 3.8) is 0 Å². The molecule has 1 saturated carbocycles. The highest BCUT2D eigenvalue weighted by atomic mass is 16.5. The van der Waals surface area contributed by atoms with Gasteiger partial charge in [0.25, 0.3) is 0 Å². The van der Waals surface area contributed by atoms with Crippen LogP contribution in [-0.2, 0) is 4.74 Å². The molecule has 3 unspecified atom stereocenters. The number of fused-ring (bicyclic) bond motifs is 1. The Labute approximate surface area is 122 Å². The molecule has 1 aliphatic heterocycles. The highest BCUT2D eigenvalue weighted by Crippen LogP contribution is 2.34. The fraction of sp³-hybridized carbons (Fsp3) is 0.647. The van der Waals surface area contributed by atoms with E-state index in [1.807, 2.05) is 0 Å². The van der Waals surface area contributed by atoms with Crippen LogP contribution in [0.2, 0.25) is 0 Å². The second kappa shape index (κ2) is 6.70. The summed E-state index contributed by atoms with van der Waals surface area (Å²) in [6.45, 7) is 2.95. The summed E-state index contributed by atoms with van der Waals surface area (Å²) in [5.41, 5.74) is 1.42. The third-order valence-electron chi connectivity index (χ3n) is 4.76. The molecule has 1 aromatic carbocycles. The van der Waals surface area contributed by atoms with Crippen molar-refractivity contribution in [2.45, 2.75) is 43.9 Å².